The van der Waals surface area contributed by atoms with E-state index in [1.165, 1.54) is 24.2 Å². The van der Waals surface area contributed by atoms with Gasteiger partial charge in [0.1, 0.15) is 5.01 Å². The van der Waals surface area contributed by atoms with Gasteiger partial charge in [0, 0.05) is 30.8 Å². The van der Waals surface area contributed by atoms with E-state index in [4.69, 9.17) is 0 Å². The van der Waals surface area contributed by atoms with Gasteiger partial charge < -0.3 is 15.5 Å². The molecule has 0 bridgehead atoms. The Hall–Kier alpha value is -2.32. The minimum absolute atomic E-state index is 0.127. The van der Waals surface area contributed by atoms with Crippen LogP contribution < -0.4 is 10.6 Å². The highest BCUT2D eigenvalue weighted by Crippen LogP contribution is 2.17. The normalized spacial score (nSPS) is 17.0. The van der Waals surface area contributed by atoms with E-state index in [9.17, 15) is 9.59 Å². The first-order valence-electron chi connectivity index (χ1n) is 11.1. The van der Waals surface area contributed by atoms with Crippen molar-refractivity contribution in [3.63, 3.8) is 0 Å². The molecule has 0 saturated carbocycles. The average molecular weight is 444 g/mol. The number of carbonyl (C=O) groups is 2. The van der Waals surface area contributed by atoms with Crippen molar-refractivity contribution < 1.29 is 9.59 Å². The van der Waals surface area contributed by atoms with E-state index >= 15 is 0 Å². The predicted octanol–water partition coefficient (Wildman–Crippen LogP) is 3.84. The molecular weight excluding hydrogens is 410 g/mol. The number of hydrogen-bond donors (Lipinski definition) is 2. The highest BCUT2D eigenvalue weighted by molar-refractivity contribution is 7.13. The number of carbonyl (C=O) groups excluding carboxylic acids is 2. The quantitative estimate of drug-likeness (QED) is 0.575. The number of rotatable bonds is 9. The number of likely N-dealkylation sites (tertiary alicyclic amines) is 1. The molecule has 0 spiro atoms. The van der Waals surface area contributed by atoms with Gasteiger partial charge in [0.15, 0.2) is 0 Å². The van der Waals surface area contributed by atoms with Crippen LogP contribution in [0.25, 0.3) is 0 Å². The van der Waals surface area contributed by atoms with Crippen LogP contribution in [0.15, 0.2) is 24.3 Å². The van der Waals surface area contributed by atoms with Gasteiger partial charge in [-0.3, -0.25) is 9.59 Å². The fourth-order valence-corrected chi connectivity index (χ4v) is 4.74. The number of nitrogens with zero attached hydrogens (tertiary/aromatic N) is 3. The molecule has 1 unspecified atom stereocenters. The van der Waals surface area contributed by atoms with Crippen molar-refractivity contribution in [1.29, 1.82) is 0 Å². The molecule has 2 aromatic rings. The predicted molar refractivity (Wildman–Crippen MR) is 125 cm³/mol. The van der Waals surface area contributed by atoms with Crippen LogP contribution in [0.3, 0.4) is 0 Å². The average Bonchev–Trinajstić information content (AvgIpc) is 3.19. The standard InChI is InChI=1S/C23H33N5O2S/c1-16(2)13-20-26-27-23(31-20)22(30)25-19-9-4-8-18(14-19)21(29)24-10-6-12-28-11-5-7-17(3)15-28/h4,8-9,14,16-17H,5-7,10-13,15H2,1-3H3,(H,24,29)(H,25,30). The van der Waals surface area contributed by atoms with Gasteiger partial charge in [-0.15, -0.1) is 10.2 Å². The molecule has 2 amide bonds. The maximum Gasteiger partial charge on any atom is 0.286 e. The van der Waals surface area contributed by atoms with Crippen LogP contribution in [0.5, 0.6) is 0 Å². The highest BCUT2D eigenvalue weighted by atomic mass is 32.1. The summed E-state index contributed by atoms with van der Waals surface area (Å²) < 4.78 is 0. The zero-order valence-electron chi connectivity index (χ0n) is 18.7. The summed E-state index contributed by atoms with van der Waals surface area (Å²) in [6, 6.07) is 6.98. The lowest BCUT2D eigenvalue weighted by molar-refractivity contribution is 0.0948. The first-order chi connectivity index (χ1) is 14.9. The maximum absolute atomic E-state index is 12.5. The summed E-state index contributed by atoms with van der Waals surface area (Å²) >= 11 is 1.31. The van der Waals surface area contributed by atoms with Crippen LogP contribution in [0.1, 0.15) is 65.2 Å². The van der Waals surface area contributed by atoms with Crippen molar-refractivity contribution in [3.8, 4) is 0 Å². The largest absolute Gasteiger partial charge is 0.352 e. The van der Waals surface area contributed by atoms with Crippen LogP contribution in [0.2, 0.25) is 0 Å². The van der Waals surface area contributed by atoms with Crippen molar-refractivity contribution >= 4 is 28.8 Å². The van der Waals surface area contributed by atoms with Crippen molar-refractivity contribution in [3.05, 3.63) is 39.8 Å². The smallest absolute Gasteiger partial charge is 0.286 e. The summed E-state index contributed by atoms with van der Waals surface area (Å²) in [7, 11) is 0. The molecule has 8 heteroatoms. The Kier molecular flexibility index (Phi) is 8.54. The lowest BCUT2D eigenvalue weighted by Gasteiger charge is -2.30. The molecule has 0 aliphatic carbocycles. The Morgan fingerprint density at radius 3 is 2.87 bits per heavy atom. The first-order valence-corrected chi connectivity index (χ1v) is 12.0. The molecule has 1 aliphatic rings. The van der Waals surface area contributed by atoms with Gasteiger partial charge >= 0.3 is 0 Å². The Morgan fingerprint density at radius 2 is 2.10 bits per heavy atom. The summed E-state index contributed by atoms with van der Waals surface area (Å²) in [5.41, 5.74) is 1.10. The van der Waals surface area contributed by atoms with E-state index in [0.717, 1.165) is 43.4 Å². The van der Waals surface area contributed by atoms with Gasteiger partial charge in [-0.05, 0) is 62.4 Å². The maximum atomic E-state index is 12.5. The highest BCUT2D eigenvalue weighted by Gasteiger charge is 2.16. The Labute approximate surface area is 188 Å². The molecule has 1 atom stereocenters. The molecule has 168 valence electrons. The lowest BCUT2D eigenvalue weighted by atomic mass is 10.0. The second-order valence-electron chi connectivity index (χ2n) is 8.79. The third kappa shape index (κ3) is 7.40. The number of aromatic nitrogens is 2. The topological polar surface area (TPSA) is 87.2 Å². The van der Waals surface area contributed by atoms with Crippen LogP contribution >= 0.6 is 11.3 Å². The fourth-order valence-electron chi connectivity index (χ4n) is 3.80. The second kappa shape index (κ2) is 11.3. The van der Waals surface area contributed by atoms with Gasteiger partial charge in [-0.1, -0.05) is 38.2 Å². The minimum Gasteiger partial charge on any atom is -0.352 e. The third-order valence-corrected chi connectivity index (χ3v) is 6.25. The zero-order valence-corrected chi connectivity index (χ0v) is 19.5. The Bertz CT molecular complexity index is 882. The molecule has 7 nitrogen and oxygen atoms in total. The number of anilines is 1. The molecule has 1 aromatic heterocycles. The third-order valence-electron chi connectivity index (χ3n) is 5.30. The second-order valence-corrected chi connectivity index (χ2v) is 9.85. The number of piperidine rings is 1. The van der Waals surface area contributed by atoms with Gasteiger partial charge in [0.2, 0.25) is 5.01 Å². The van der Waals surface area contributed by atoms with Gasteiger partial charge in [0.05, 0.1) is 0 Å². The van der Waals surface area contributed by atoms with Crippen molar-refractivity contribution in [1.82, 2.24) is 20.4 Å². The number of benzene rings is 1. The molecule has 1 aliphatic heterocycles. The van der Waals surface area contributed by atoms with E-state index in [2.05, 4.69) is 46.5 Å². The van der Waals surface area contributed by atoms with Gasteiger partial charge in [0.25, 0.3) is 11.8 Å². The molecule has 1 saturated heterocycles. The molecule has 31 heavy (non-hydrogen) atoms. The molecule has 1 aromatic carbocycles. The van der Waals surface area contributed by atoms with E-state index in [1.807, 2.05) is 0 Å². The van der Waals surface area contributed by atoms with Crippen LogP contribution in [0, 0.1) is 11.8 Å². The van der Waals surface area contributed by atoms with Crippen molar-refractivity contribution in [2.24, 2.45) is 11.8 Å². The number of hydrogen-bond acceptors (Lipinski definition) is 6. The van der Waals surface area contributed by atoms with E-state index in [-0.39, 0.29) is 11.8 Å². The summed E-state index contributed by atoms with van der Waals surface area (Å²) in [5.74, 6) is 0.796. The molecular formula is C23H33N5O2S. The molecule has 2 heterocycles. The first kappa shape index (κ1) is 23.3. The van der Waals surface area contributed by atoms with Crippen molar-refractivity contribution in [2.75, 3.05) is 31.5 Å². The molecule has 2 N–H and O–H groups in total. The van der Waals surface area contributed by atoms with Crippen LogP contribution in [-0.4, -0.2) is 53.1 Å². The molecule has 0 radical (unpaired) electrons. The summed E-state index contributed by atoms with van der Waals surface area (Å²) in [6.45, 7) is 10.5. The van der Waals surface area contributed by atoms with Crippen LogP contribution in [0.4, 0.5) is 5.69 Å². The van der Waals surface area contributed by atoms with E-state index < -0.39 is 0 Å². The number of nitrogens with one attached hydrogen (secondary N) is 2. The Balaban J connectivity index is 1.47. The lowest BCUT2D eigenvalue weighted by Crippen LogP contribution is -2.36. The van der Waals surface area contributed by atoms with Gasteiger partial charge in [-0.25, -0.2) is 0 Å². The number of amides is 2. The Morgan fingerprint density at radius 1 is 1.26 bits per heavy atom. The summed E-state index contributed by atoms with van der Waals surface area (Å²) in [6.07, 6.45) is 4.32. The van der Waals surface area contributed by atoms with Gasteiger partial charge in [-0.2, -0.15) is 0 Å². The summed E-state index contributed by atoms with van der Waals surface area (Å²) in [4.78, 5) is 27.5. The zero-order chi connectivity index (χ0) is 22.2. The minimum atomic E-state index is -0.305. The summed E-state index contributed by atoms with van der Waals surface area (Å²) in [5, 5.41) is 15.1. The van der Waals surface area contributed by atoms with E-state index in [0.29, 0.717) is 28.7 Å². The van der Waals surface area contributed by atoms with E-state index in [1.54, 1.807) is 24.3 Å². The molecule has 1 fully saturated rings. The molecule has 3 rings (SSSR count). The fraction of sp³-hybridized carbons (Fsp3) is 0.565. The van der Waals surface area contributed by atoms with Crippen LogP contribution in [-0.2, 0) is 6.42 Å². The SMILES string of the molecule is CC(C)Cc1nnc(C(=O)Nc2cccc(C(=O)NCCCN3CCCC(C)C3)c2)s1. The monoisotopic (exact) mass is 443 g/mol. The van der Waals surface area contributed by atoms with Crippen molar-refractivity contribution in [2.45, 2.75) is 46.5 Å².